The van der Waals surface area contributed by atoms with Crippen molar-refractivity contribution in [2.45, 2.75) is 13.1 Å². The number of carbonyl (C=O) groups is 2. The second-order valence-electron chi connectivity index (χ2n) is 2.32. The SMILES string of the molecule is CC(C=O)CNC(=O)C(F)(F)F.CO. The fourth-order valence-corrected chi connectivity index (χ4v) is 0.402. The predicted molar refractivity (Wildman–Crippen MR) is 42.4 cm³/mol. The second-order valence-corrected chi connectivity index (χ2v) is 2.32. The smallest absolute Gasteiger partial charge is 0.400 e. The average Bonchev–Trinajstić information content (AvgIpc) is 2.15. The highest BCUT2D eigenvalue weighted by Crippen LogP contribution is 2.13. The molecule has 0 saturated heterocycles. The van der Waals surface area contributed by atoms with Crippen LogP contribution in [0.5, 0.6) is 0 Å². The molecule has 0 spiro atoms. The van der Waals surface area contributed by atoms with Crippen molar-refractivity contribution in [3.8, 4) is 0 Å². The van der Waals surface area contributed by atoms with E-state index in [4.69, 9.17) is 5.11 Å². The van der Waals surface area contributed by atoms with Gasteiger partial charge in [0.2, 0.25) is 0 Å². The van der Waals surface area contributed by atoms with Gasteiger partial charge < -0.3 is 15.2 Å². The topological polar surface area (TPSA) is 66.4 Å². The Morgan fingerprint density at radius 1 is 1.50 bits per heavy atom. The molecule has 2 N–H and O–H groups in total. The normalized spacial score (nSPS) is 12.1. The molecule has 1 amide bonds. The zero-order valence-electron chi connectivity index (χ0n) is 7.76. The van der Waals surface area contributed by atoms with E-state index >= 15 is 0 Å². The minimum Gasteiger partial charge on any atom is -0.400 e. The molecule has 0 aliphatic heterocycles. The van der Waals surface area contributed by atoms with Crippen molar-refractivity contribution in [1.29, 1.82) is 0 Å². The fourth-order valence-electron chi connectivity index (χ4n) is 0.402. The maximum Gasteiger partial charge on any atom is 0.471 e. The largest absolute Gasteiger partial charge is 0.471 e. The number of nitrogens with one attached hydrogen (secondary N) is 1. The minimum absolute atomic E-state index is 0.290. The number of rotatable bonds is 3. The van der Waals surface area contributed by atoms with Crippen LogP contribution in [0.3, 0.4) is 0 Å². The van der Waals surface area contributed by atoms with E-state index in [9.17, 15) is 22.8 Å². The van der Waals surface area contributed by atoms with Gasteiger partial charge in [0.15, 0.2) is 0 Å². The Kier molecular flexibility index (Phi) is 8.02. The van der Waals surface area contributed by atoms with Gasteiger partial charge in [-0.15, -0.1) is 0 Å². The van der Waals surface area contributed by atoms with E-state index in [0.717, 1.165) is 7.11 Å². The summed E-state index contributed by atoms with van der Waals surface area (Å²) in [4.78, 5) is 20.1. The van der Waals surface area contributed by atoms with Crippen molar-refractivity contribution in [1.82, 2.24) is 5.32 Å². The summed E-state index contributed by atoms with van der Waals surface area (Å²) in [6, 6.07) is 0. The lowest BCUT2D eigenvalue weighted by Crippen LogP contribution is -2.39. The molecular formula is C7H12F3NO3. The molecule has 0 saturated carbocycles. The van der Waals surface area contributed by atoms with E-state index in [-0.39, 0.29) is 6.54 Å². The third-order valence-electron chi connectivity index (χ3n) is 1.07. The first kappa shape index (κ1) is 15.4. The van der Waals surface area contributed by atoms with E-state index in [1.807, 2.05) is 0 Å². The number of aliphatic hydroxyl groups is 1. The number of hydrogen-bond acceptors (Lipinski definition) is 3. The Balaban J connectivity index is 0. The summed E-state index contributed by atoms with van der Waals surface area (Å²) in [6.07, 6.45) is -4.40. The molecule has 84 valence electrons. The van der Waals surface area contributed by atoms with Gasteiger partial charge in [-0.05, 0) is 0 Å². The maximum atomic E-state index is 11.5. The van der Waals surface area contributed by atoms with Crippen LogP contribution in [0.15, 0.2) is 0 Å². The lowest BCUT2D eigenvalue weighted by atomic mass is 10.2. The van der Waals surface area contributed by atoms with Gasteiger partial charge in [0, 0.05) is 19.6 Å². The van der Waals surface area contributed by atoms with Crippen molar-refractivity contribution >= 4 is 12.2 Å². The summed E-state index contributed by atoms with van der Waals surface area (Å²) < 4.78 is 34.5. The van der Waals surface area contributed by atoms with Gasteiger partial charge in [0.25, 0.3) is 0 Å². The van der Waals surface area contributed by atoms with E-state index in [2.05, 4.69) is 0 Å². The Morgan fingerprint density at radius 2 is 1.93 bits per heavy atom. The van der Waals surface area contributed by atoms with Crippen LogP contribution >= 0.6 is 0 Å². The van der Waals surface area contributed by atoms with Crippen LogP contribution in [-0.4, -0.2) is 37.1 Å². The standard InChI is InChI=1S/C6H8F3NO2.CH4O/c1-4(3-11)2-10-5(12)6(7,8)9;1-2/h3-4H,2H2,1H3,(H,10,12);2H,1H3. The molecule has 0 aromatic heterocycles. The first-order valence-corrected chi connectivity index (χ1v) is 3.63. The lowest BCUT2D eigenvalue weighted by molar-refractivity contribution is -0.173. The van der Waals surface area contributed by atoms with Crippen LogP contribution in [0.2, 0.25) is 0 Å². The van der Waals surface area contributed by atoms with Crippen LogP contribution < -0.4 is 5.32 Å². The van der Waals surface area contributed by atoms with Gasteiger partial charge >= 0.3 is 12.1 Å². The minimum atomic E-state index is -4.87. The molecule has 1 unspecified atom stereocenters. The number of hydrogen-bond donors (Lipinski definition) is 2. The number of aldehydes is 1. The summed E-state index contributed by atoms with van der Waals surface area (Å²) >= 11 is 0. The lowest BCUT2D eigenvalue weighted by Gasteiger charge is -2.08. The van der Waals surface area contributed by atoms with E-state index < -0.39 is 18.0 Å². The zero-order chi connectivity index (χ0) is 11.8. The maximum absolute atomic E-state index is 11.5. The number of halogens is 3. The Bertz CT molecular complexity index is 182. The Morgan fingerprint density at radius 3 is 2.21 bits per heavy atom. The van der Waals surface area contributed by atoms with Crippen molar-refractivity contribution in [2.24, 2.45) is 5.92 Å². The molecule has 7 heteroatoms. The molecule has 0 radical (unpaired) electrons. The van der Waals surface area contributed by atoms with Gasteiger partial charge in [-0.2, -0.15) is 13.2 Å². The van der Waals surface area contributed by atoms with Gasteiger partial charge in [-0.3, -0.25) is 4.79 Å². The number of aliphatic hydroxyl groups excluding tert-OH is 1. The molecule has 0 aromatic carbocycles. The molecule has 0 aliphatic carbocycles. The Labute approximate surface area is 79.1 Å². The monoisotopic (exact) mass is 215 g/mol. The Hall–Kier alpha value is -1.11. The average molecular weight is 215 g/mol. The molecule has 0 bridgehead atoms. The molecule has 0 fully saturated rings. The molecule has 0 rings (SSSR count). The third-order valence-corrected chi connectivity index (χ3v) is 1.07. The van der Waals surface area contributed by atoms with Gasteiger partial charge in [0.1, 0.15) is 6.29 Å². The highest BCUT2D eigenvalue weighted by Gasteiger charge is 2.38. The summed E-state index contributed by atoms with van der Waals surface area (Å²) in [5, 5.41) is 8.58. The number of amides is 1. The van der Waals surface area contributed by atoms with Crippen LogP contribution in [0.1, 0.15) is 6.92 Å². The quantitative estimate of drug-likeness (QED) is 0.656. The molecule has 1 atom stereocenters. The zero-order valence-corrected chi connectivity index (χ0v) is 7.76. The van der Waals surface area contributed by atoms with Crippen LogP contribution in [0.25, 0.3) is 0 Å². The first-order chi connectivity index (χ1) is 6.38. The third kappa shape index (κ3) is 7.53. The number of carbonyl (C=O) groups excluding carboxylic acids is 2. The predicted octanol–water partition coefficient (Wildman–Crippen LogP) is 0.108. The van der Waals surface area contributed by atoms with Crippen molar-refractivity contribution < 1.29 is 27.9 Å². The van der Waals surface area contributed by atoms with E-state index in [1.165, 1.54) is 6.92 Å². The van der Waals surface area contributed by atoms with Crippen molar-refractivity contribution in [2.75, 3.05) is 13.7 Å². The van der Waals surface area contributed by atoms with Crippen LogP contribution in [-0.2, 0) is 9.59 Å². The van der Waals surface area contributed by atoms with Gasteiger partial charge in [-0.1, -0.05) is 6.92 Å². The molecule has 14 heavy (non-hydrogen) atoms. The van der Waals surface area contributed by atoms with Crippen LogP contribution in [0, 0.1) is 5.92 Å². The molecule has 4 nitrogen and oxygen atoms in total. The second kappa shape index (κ2) is 7.31. The van der Waals surface area contributed by atoms with Crippen molar-refractivity contribution in [3.63, 3.8) is 0 Å². The summed E-state index contributed by atoms with van der Waals surface area (Å²) in [6.45, 7) is 1.12. The molecule has 0 aromatic rings. The number of alkyl halides is 3. The summed E-state index contributed by atoms with van der Waals surface area (Å²) in [5.74, 6) is -2.62. The van der Waals surface area contributed by atoms with Crippen molar-refractivity contribution in [3.05, 3.63) is 0 Å². The summed E-state index contributed by atoms with van der Waals surface area (Å²) in [7, 11) is 1.00. The molecule has 0 heterocycles. The fraction of sp³-hybridized carbons (Fsp3) is 0.714. The highest BCUT2D eigenvalue weighted by molar-refractivity contribution is 5.81. The highest BCUT2D eigenvalue weighted by atomic mass is 19.4. The van der Waals surface area contributed by atoms with E-state index in [0.29, 0.717) is 6.29 Å². The summed E-state index contributed by atoms with van der Waals surface area (Å²) in [5.41, 5.74) is 0. The first-order valence-electron chi connectivity index (χ1n) is 3.63. The molecular weight excluding hydrogens is 203 g/mol. The van der Waals surface area contributed by atoms with Gasteiger partial charge in [-0.25, -0.2) is 0 Å². The van der Waals surface area contributed by atoms with Crippen LogP contribution in [0.4, 0.5) is 13.2 Å². The van der Waals surface area contributed by atoms with E-state index in [1.54, 1.807) is 5.32 Å². The molecule has 0 aliphatic rings. The van der Waals surface area contributed by atoms with Gasteiger partial charge in [0.05, 0.1) is 0 Å².